The van der Waals surface area contributed by atoms with Crippen molar-refractivity contribution in [1.29, 1.82) is 0 Å². The van der Waals surface area contributed by atoms with E-state index in [1.807, 2.05) is 36.4 Å². The molecule has 17 nitrogen and oxygen atoms in total. The Kier molecular flexibility index (Phi) is 15.9. The van der Waals surface area contributed by atoms with Crippen molar-refractivity contribution in [2.45, 2.75) is 51.4 Å². The van der Waals surface area contributed by atoms with E-state index in [1.165, 1.54) is 4.68 Å². The van der Waals surface area contributed by atoms with Gasteiger partial charge in [0.2, 0.25) is 5.91 Å². The fourth-order valence-electron chi connectivity index (χ4n) is 3.53. The topological polar surface area (TPSA) is 250 Å². The predicted octanol–water partition coefficient (Wildman–Crippen LogP) is 1.22. The summed E-state index contributed by atoms with van der Waals surface area (Å²) in [5.74, 6) is -0.438. The molecule has 2 aromatic carbocycles. The highest BCUT2D eigenvalue weighted by Crippen LogP contribution is 2.25. The van der Waals surface area contributed by atoms with Crippen LogP contribution < -0.4 is 16.4 Å². The van der Waals surface area contributed by atoms with Crippen molar-refractivity contribution >= 4 is 25.8 Å². The predicted molar refractivity (Wildman–Crippen MR) is 163 cm³/mol. The highest BCUT2D eigenvalue weighted by molar-refractivity contribution is 7.45. The average molecular weight is 666 g/mol. The van der Waals surface area contributed by atoms with Gasteiger partial charge in [-0.3, -0.25) is 4.79 Å². The Morgan fingerprint density at radius 2 is 1.61 bits per heavy atom. The fourth-order valence-corrected chi connectivity index (χ4v) is 3.53. The first-order valence-electron chi connectivity index (χ1n) is 14.1. The van der Waals surface area contributed by atoms with Crippen LogP contribution in [0.15, 0.2) is 60.7 Å². The van der Waals surface area contributed by atoms with Gasteiger partial charge in [-0.2, -0.15) is 0 Å². The molecule has 3 rings (SSSR count). The molecule has 3 aromatic rings. The van der Waals surface area contributed by atoms with Crippen LogP contribution in [0, 0.1) is 0 Å². The number of alkyl carbamates (subject to hydrolysis) is 1. The number of amides is 2. The summed E-state index contributed by atoms with van der Waals surface area (Å²) in [5, 5.41) is 17.2. The molecule has 0 fully saturated rings. The van der Waals surface area contributed by atoms with Gasteiger partial charge in [0.05, 0.1) is 37.5 Å². The summed E-state index contributed by atoms with van der Waals surface area (Å²) in [6, 6.07) is 17.7. The molecule has 0 aliphatic carbocycles. The molecule has 2 amide bonds. The number of nitrogens with two attached hydrogens (primary N) is 1. The number of tetrazole rings is 1. The molecule has 252 valence electrons. The lowest BCUT2D eigenvalue weighted by Crippen LogP contribution is -2.51. The number of carbonyl (C=O) groups is 3. The van der Waals surface area contributed by atoms with Crippen molar-refractivity contribution in [1.82, 2.24) is 30.8 Å². The molecule has 0 radical (unpaired) electrons. The quantitative estimate of drug-likeness (QED) is 0.0715. The normalized spacial score (nSPS) is 11.9. The van der Waals surface area contributed by atoms with Crippen LogP contribution in [0.5, 0.6) is 0 Å². The zero-order valence-corrected chi connectivity index (χ0v) is 26.4. The van der Waals surface area contributed by atoms with Crippen molar-refractivity contribution in [3.8, 4) is 0 Å². The first kappa shape index (κ1) is 37.9. The minimum atomic E-state index is -4.64. The van der Waals surface area contributed by atoms with E-state index in [-0.39, 0.29) is 32.3 Å². The largest absolute Gasteiger partial charge is 0.466 e. The summed E-state index contributed by atoms with van der Waals surface area (Å²) < 4.78 is 26.6. The van der Waals surface area contributed by atoms with E-state index in [1.54, 1.807) is 38.1 Å². The Balaban J connectivity index is 0.00000136. The molecule has 0 saturated heterocycles. The minimum Gasteiger partial charge on any atom is -0.462 e. The van der Waals surface area contributed by atoms with Gasteiger partial charge in [0, 0.05) is 6.54 Å². The third-order valence-corrected chi connectivity index (χ3v) is 5.78. The number of hydrogen-bond donors (Lipinski definition) is 6. The molecule has 18 heteroatoms. The number of hydrogen-bond acceptors (Lipinski definition) is 11. The molecule has 0 aliphatic heterocycles. The van der Waals surface area contributed by atoms with Crippen LogP contribution in [0.1, 0.15) is 54.5 Å². The van der Waals surface area contributed by atoms with Gasteiger partial charge >= 0.3 is 19.9 Å². The first-order chi connectivity index (χ1) is 21.7. The standard InChI is InChI=1S/C28H37N7O6.H3O4P/c1-28(2,29)26(37)31-23(20-39-19-21-11-5-3-6-12-21)24-32-33-34-35(24)16-18-41-27(38)30-15-9-10-17-40-25(36)22-13-7-4-8-14-22;1-5(2,3)4/h3-8,11-14,23H,9-10,15-20,29H2,1-2H3,(H,30,38)(H,31,37);(H3,1,2,3,4)/t23-;/m1./s1. The van der Waals surface area contributed by atoms with E-state index >= 15 is 0 Å². The summed E-state index contributed by atoms with van der Waals surface area (Å²) in [4.78, 5) is 58.2. The van der Waals surface area contributed by atoms with Gasteiger partial charge in [-0.15, -0.1) is 5.10 Å². The summed E-state index contributed by atoms with van der Waals surface area (Å²) >= 11 is 0. The lowest BCUT2D eigenvalue weighted by Gasteiger charge is -2.23. The molecule has 7 N–H and O–H groups in total. The maximum Gasteiger partial charge on any atom is 0.466 e. The minimum absolute atomic E-state index is 0.00746. The van der Waals surface area contributed by atoms with E-state index in [9.17, 15) is 14.4 Å². The molecule has 0 spiro atoms. The summed E-state index contributed by atoms with van der Waals surface area (Å²) in [7, 11) is -4.64. The van der Waals surface area contributed by atoms with Crippen LogP contribution in [0.4, 0.5) is 4.79 Å². The molecule has 1 heterocycles. The third kappa shape index (κ3) is 16.2. The maximum atomic E-state index is 12.6. The Labute approximate surface area is 265 Å². The van der Waals surface area contributed by atoms with Crippen molar-refractivity contribution in [2.75, 3.05) is 26.4 Å². The fraction of sp³-hybridized carbons (Fsp3) is 0.429. The van der Waals surface area contributed by atoms with Gasteiger partial charge in [0.15, 0.2) is 5.82 Å². The van der Waals surface area contributed by atoms with Gasteiger partial charge in [-0.05, 0) is 54.8 Å². The van der Waals surface area contributed by atoms with Crippen LogP contribution in [0.25, 0.3) is 0 Å². The van der Waals surface area contributed by atoms with Crippen LogP contribution in [0.2, 0.25) is 0 Å². The molecule has 1 atom stereocenters. The van der Waals surface area contributed by atoms with Crippen molar-refractivity contribution in [3.05, 3.63) is 77.6 Å². The molecule has 0 saturated carbocycles. The number of benzene rings is 2. The molecular formula is C28H40N7O10P. The number of unbranched alkanes of at least 4 members (excludes halogenated alkanes) is 1. The van der Waals surface area contributed by atoms with E-state index in [4.69, 9.17) is 39.2 Å². The summed E-state index contributed by atoms with van der Waals surface area (Å²) in [5.41, 5.74) is 6.31. The lowest BCUT2D eigenvalue weighted by atomic mass is 10.1. The van der Waals surface area contributed by atoms with Crippen LogP contribution in [-0.2, 0) is 36.7 Å². The number of carbonyl (C=O) groups excluding carboxylic acids is 3. The summed E-state index contributed by atoms with van der Waals surface area (Å²) in [6.45, 7) is 4.38. The number of rotatable bonds is 16. The Hall–Kier alpha value is -4.25. The second kappa shape index (κ2) is 19.3. The monoisotopic (exact) mass is 665 g/mol. The van der Waals surface area contributed by atoms with Gasteiger partial charge in [0.25, 0.3) is 0 Å². The molecule has 1 aromatic heterocycles. The zero-order chi connectivity index (χ0) is 34.0. The average Bonchev–Trinajstić information content (AvgIpc) is 3.46. The number of ether oxygens (including phenoxy) is 3. The second-order valence-electron chi connectivity index (χ2n) is 10.3. The third-order valence-electron chi connectivity index (χ3n) is 5.78. The van der Waals surface area contributed by atoms with Gasteiger partial charge in [0.1, 0.15) is 12.6 Å². The number of nitrogens with one attached hydrogen (secondary N) is 2. The number of aromatic nitrogens is 4. The van der Waals surface area contributed by atoms with E-state index in [0.29, 0.717) is 37.4 Å². The highest BCUT2D eigenvalue weighted by Gasteiger charge is 2.28. The maximum absolute atomic E-state index is 12.6. The molecule has 46 heavy (non-hydrogen) atoms. The molecular weight excluding hydrogens is 625 g/mol. The molecule has 0 bridgehead atoms. The molecule has 0 aliphatic rings. The SMILES string of the molecule is CC(C)(N)C(=O)N[C@H](COCc1ccccc1)c1nnnn1CCOC(=O)NCCCCOC(=O)c1ccccc1.O=P(O)(O)O. The van der Waals surface area contributed by atoms with E-state index in [2.05, 4.69) is 26.2 Å². The Morgan fingerprint density at radius 1 is 0.978 bits per heavy atom. The Bertz CT molecular complexity index is 1390. The van der Waals surface area contributed by atoms with Crippen LogP contribution in [-0.4, -0.2) is 84.8 Å². The van der Waals surface area contributed by atoms with Crippen molar-refractivity contribution in [2.24, 2.45) is 5.73 Å². The van der Waals surface area contributed by atoms with Crippen LogP contribution >= 0.6 is 7.82 Å². The van der Waals surface area contributed by atoms with Gasteiger partial charge < -0.3 is 45.3 Å². The lowest BCUT2D eigenvalue weighted by molar-refractivity contribution is -0.126. The first-order valence-corrected chi connectivity index (χ1v) is 15.7. The van der Waals surface area contributed by atoms with E-state index in [0.717, 1.165) is 5.56 Å². The second-order valence-corrected chi connectivity index (χ2v) is 11.3. The van der Waals surface area contributed by atoms with Crippen LogP contribution in [0.3, 0.4) is 0 Å². The van der Waals surface area contributed by atoms with E-state index < -0.39 is 31.4 Å². The van der Waals surface area contributed by atoms with Crippen molar-refractivity contribution < 1.29 is 47.8 Å². The summed E-state index contributed by atoms with van der Waals surface area (Å²) in [6.07, 6.45) is 0.601. The van der Waals surface area contributed by atoms with Crippen molar-refractivity contribution in [3.63, 3.8) is 0 Å². The zero-order valence-electron chi connectivity index (χ0n) is 25.5. The number of nitrogens with zero attached hydrogens (tertiary/aromatic N) is 4. The van der Waals surface area contributed by atoms with Gasteiger partial charge in [-0.1, -0.05) is 48.5 Å². The Morgan fingerprint density at radius 3 is 2.24 bits per heavy atom. The highest BCUT2D eigenvalue weighted by atomic mass is 31.2. The van der Waals surface area contributed by atoms with Gasteiger partial charge in [-0.25, -0.2) is 18.8 Å². The smallest absolute Gasteiger partial charge is 0.462 e. The molecule has 0 unspecified atom stereocenters. The number of phosphoric acid groups is 1. The number of esters is 1.